The van der Waals surface area contributed by atoms with E-state index in [9.17, 15) is 79.0 Å². The number of aromatic nitrogens is 3. The number of benzene rings is 2. The van der Waals surface area contributed by atoms with Crippen LogP contribution in [0.25, 0.3) is 22.5 Å². The molecule has 0 aliphatic rings. The van der Waals surface area contributed by atoms with Gasteiger partial charge in [-0.1, -0.05) is 29.3 Å². The van der Waals surface area contributed by atoms with E-state index in [0.29, 0.717) is 23.3 Å². The van der Waals surface area contributed by atoms with Crippen LogP contribution < -0.4 is 0 Å². The van der Waals surface area contributed by atoms with Crippen molar-refractivity contribution < 1.29 is 104 Å². The second-order valence-electron chi connectivity index (χ2n) is 12.2. The molecule has 4 nitrogen and oxygen atoms in total. The molecule has 0 saturated carbocycles. The molecule has 0 aliphatic carbocycles. The molecule has 1 radical (unpaired) electrons. The number of nitrogens with zero attached hydrogens (tertiary/aromatic N) is 3. The second-order valence-corrected chi connectivity index (χ2v) is 12.2. The van der Waals surface area contributed by atoms with Crippen LogP contribution >= 0.6 is 0 Å². The summed E-state index contributed by atoms with van der Waals surface area (Å²) < 4.78 is 226. The van der Waals surface area contributed by atoms with Gasteiger partial charge in [0.2, 0.25) is 0 Å². The van der Waals surface area contributed by atoms with Gasteiger partial charge >= 0.3 is 37.1 Å². The van der Waals surface area contributed by atoms with Crippen molar-refractivity contribution in [2.45, 2.75) is 62.9 Å². The Bertz CT molecular complexity index is 1980. The predicted octanol–water partition coefficient (Wildman–Crippen LogP) is 12.3. The molecule has 0 amide bonds. The Labute approximate surface area is 340 Å². The summed E-state index contributed by atoms with van der Waals surface area (Å²) in [5.74, 6) is 0. The molecule has 23 heteroatoms. The summed E-state index contributed by atoms with van der Waals surface area (Å²) in [7, 11) is 0. The standard InChI is InChI=1S/2C14H8F6N.C9H7F6NO.Ir/c2*1-8-2-3-21-12(4-8)9-5-10(13(15,16)17)7-11(6-9)14(18,19)20;10-8(11,12)7(17,9(13,14)15)5-6-3-1-2-4-16-6;/h2*2-5,7H,1H3;1-4,17H,5H2;/q2*-1;;. The molecule has 329 valence electrons. The molecule has 0 bridgehead atoms. The van der Waals surface area contributed by atoms with Gasteiger partial charge in [-0.3, -0.25) is 4.98 Å². The van der Waals surface area contributed by atoms with E-state index in [1.807, 2.05) is 12.1 Å². The monoisotopic (exact) mass is 1060 g/mol. The van der Waals surface area contributed by atoms with Crippen LogP contribution in [-0.4, -0.2) is 38.0 Å². The van der Waals surface area contributed by atoms with E-state index in [1.54, 1.807) is 26.0 Å². The van der Waals surface area contributed by atoms with Crippen LogP contribution in [0, 0.1) is 26.0 Å². The summed E-state index contributed by atoms with van der Waals surface area (Å²) in [6.45, 7) is 3.31. The first-order valence-corrected chi connectivity index (χ1v) is 15.8. The largest absolute Gasteiger partial charge is 0.426 e. The summed E-state index contributed by atoms with van der Waals surface area (Å²) in [6.07, 6.45) is -29.2. The number of pyridine rings is 3. The van der Waals surface area contributed by atoms with Crippen LogP contribution in [0.3, 0.4) is 0 Å². The van der Waals surface area contributed by atoms with E-state index in [0.717, 1.165) is 12.3 Å². The Morgan fingerprint density at radius 3 is 1.15 bits per heavy atom. The van der Waals surface area contributed by atoms with Crippen molar-refractivity contribution in [1.29, 1.82) is 0 Å². The summed E-state index contributed by atoms with van der Waals surface area (Å²) in [5.41, 5.74) is -10.3. The number of hydrogen-bond acceptors (Lipinski definition) is 4. The Kier molecular flexibility index (Phi) is 16.2. The van der Waals surface area contributed by atoms with Crippen molar-refractivity contribution in [3.8, 4) is 22.5 Å². The first-order chi connectivity index (χ1) is 26.7. The predicted molar refractivity (Wildman–Crippen MR) is 172 cm³/mol. The fourth-order valence-electron chi connectivity index (χ4n) is 4.54. The molecule has 1 N–H and O–H groups in total. The first kappa shape index (κ1) is 51.4. The van der Waals surface area contributed by atoms with Crippen LogP contribution in [0.1, 0.15) is 39.1 Å². The van der Waals surface area contributed by atoms with Gasteiger partial charge in [-0.15, -0.1) is 47.5 Å². The van der Waals surface area contributed by atoms with Gasteiger partial charge in [0.1, 0.15) is 0 Å². The Morgan fingerprint density at radius 1 is 0.483 bits per heavy atom. The molecule has 0 fully saturated rings. The second kappa shape index (κ2) is 18.9. The topological polar surface area (TPSA) is 58.9 Å². The smallest absolute Gasteiger partial charge is 0.373 e. The van der Waals surface area contributed by atoms with Crippen molar-refractivity contribution in [3.05, 3.63) is 137 Å². The fraction of sp³-hybridized carbons (Fsp3) is 0.270. The first-order valence-electron chi connectivity index (χ1n) is 15.8. The van der Waals surface area contributed by atoms with Gasteiger partial charge < -0.3 is 15.1 Å². The average Bonchev–Trinajstić information content (AvgIpc) is 3.10. The van der Waals surface area contributed by atoms with Crippen molar-refractivity contribution in [3.63, 3.8) is 0 Å². The fourth-order valence-corrected chi connectivity index (χ4v) is 4.54. The van der Waals surface area contributed by atoms with E-state index >= 15 is 0 Å². The zero-order valence-corrected chi connectivity index (χ0v) is 32.1. The van der Waals surface area contributed by atoms with E-state index in [1.165, 1.54) is 36.7 Å². The normalized spacial score (nSPS) is 12.7. The molecule has 5 aromatic rings. The van der Waals surface area contributed by atoms with Gasteiger partial charge in [0.25, 0.3) is 5.60 Å². The minimum atomic E-state index is -5.82. The molecule has 3 heterocycles. The number of halogens is 18. The molecule has 2 aromatic carbocycles. The SMILES string of the molecule is Cc1ccnc(-c2[c-]c(C(F)(F)F)cc(C(F)(F)F)c2)c1.Cc1ccnc(-c2[c-]c(C(F)(F)F)cc(C(F)(F)F)c2)c1.OC(Cc1ccccn1)(C(F)(F)F)C(F)(F)F.[Ir]. The van der Waals surface area contributed by atoms with Crippen molar-refractivity contribution in [1.82, 2.24) is 15.0 Å². The van der Waals surface area contributed by atoms with Gasteiger partial charge in [-0.25, -0.2) is 0 Å². The third-order valence-corrected chi connectivity index (χ3v) is 7.49. The van der Waals surface area contributed by atoms with Crippen molar-refractivity contribution >= 4 is 0 Å². The van der Waals surface area contributed by atoms with E-state index in [4.69, 9.17) is 5.11 Å². The van der Waals surface area contributed by atoms with Gasteiger partial charge in [-0.2, -0.15) is 79.0 Å². The van der Waals surface area contributed by atoms with Crippen LogP contribution in [0.5, 0.6) is 0 Å². The van der Waals surface area contributed by atoms with Crippen molar-refractivity contribution in [2.75, 3.05) is 0 Å². The summed E-state index contributed by atoms with van der Waals surface area (Å²) in [5, 5.41) is 8.85. The number of rotatable bonds is 4. The maximum absolute atomic E-state index is 12.7. The Hall–Kier alpha value is -4.76. The zero-order chi connectivity index (χ0) is 45.0. The minimum absolute atomic E-state index is 0. The summed E-state index contributed by atoms with van der Waals surface area (Å²) in [6, 6.07) is 14.7. The molecule has 0 saturated heterocycles. The molecule has 0 aliphatic heterocycles. The average molecular weight is 1060 g/mol. The van der Waals surface area contributed by atoms with Gasteiger partial charge in [0.05, 0.1) is 0 Å². The molecule has 60 heavy (non-hydrogen) atoms. The quantitative estimate of drug-likeness (QED) is 0.144. The zero-order valence-electron chi connectivity index (χ0n) is 29.7. The molecular weight excluding hydrogens is 1040 g/mol. The molecule has 0 unspecified atom stereocenters. The minimum Gasteiger partial charge on any atom is -0.373 e. The molecule has 3 aromatic heterocycles. The number of aryl methyl sites for hydroxylation is 2. The van der Waals surface area contributed by atoms with Gasteiger partial charge in [0, 0.05) is 50.8 Å². The molecule has 5 rings (SSSR count). The molecular formula is C37H23F18IrN3O-2. The van der Waals surface area contributed by atoms with Gasteiger partial charge in [0.15, 0.2) is 0 Å². The molecule has 0 atom stereocenters. The number of aliphatic hydroxyl groups is 1. The van der Waals surface area contributed by atoms with Crippen molar-refractivity contribution in [2.24, 2.45) is 0 Å². The Balaban J connectivity index is 0.000000310. The number of hydrogen-bond donors (Lipinski definition) is 1. The van der Waals surface area contributed by atoms with Crippen LogP contribution in [0.4, 0.5) is 79.0 Å². The van der Waals surface area contributed by atoms with E-state index in [-0.39, 0.29) is 54.8 Å². The number of alkyl halides is 18. The van der Waals surface area contributed by atoms with E-state index < -0.39 is 77.0 Å². The summed E-state index contributed by atoms with van der Waals surface area (Å²) >= 11 is 0. The Morgan fingerprint density at radius 2 is 0.867 bits per heavy atom. The third kappa shape index (κ3) is 13.9. The molecule has 0 spiro atoms. The van der Waals surface area contributed by atoms with Crippen LogP contribution in [0.2, 0.25) is 0 Å². The van der Waals surface area contributed by atoms with Crippen LogP contribution in [0.15, 0.2) is 85.3 Å². The maximum Gasteiger partial charge on any atom is 0.426 e. The maximum atomic E-state index is 12.7. The van der Waals surface area contributed by atoms with Gasteiger partial charge in [-0.05, 0) is 71.8 Å². The third-order valence-electron chi connectivity index (χ3n) is 7.49. The van der Waals surface area contributed by atoms with E-state index in [2.05, 4.69) is 15.0 Å². The summed E-state index contributed by atoms with van der Waals surface area (Å²) in [4.78, 5) is 10.9. The van der Waals surface area contributed by atoms with Crippen LogP contribution in [-0.2, 0) is 51.2 Å².